The smallest absolute Gasteiger partial charge is 0.329 e. The number of thioether (sulfide) groups is 1. The molecule has 3 N–H and O–H groups in total. The third-order valence-electron chi connectivity index (χ3n) is 2.14. The van der Waals surface area contributed by atoms with E-state index in [9.17, 15) is 14.3 Å². The van der Waals surface area contributed by atoms with E-state index in [1.807, 2.05) is 0 Å². The number of aromatic hydroxyl groups is 1. The maximum Gasteiger partial charge on any atom is 0.329 e. The molecule has 1 aliphatic heterocycles. The van der Waals surface area contributed by atoms with E-state index in [0.717, 1.165) is 6.07 Å². The second-order valence-electron chi connectivity index (χ2n) is 3.39. The number of halogens is 1. The number of aliphatic imine (C=N–C) groups is 1. The summed E-state index contributed by atoms with van der Waals surface area (Å²) in [4.78, 5) is 14.6. The van der Waals surface area contributed by atoms with Crippen LogP contribution in [0.5, 0.6) is 5.75 Å². The summed E-state index contributed by atoms with van der Waals surface area (Å²) in [5, 5.41) is 21.3. The Morgan fingerprint density at radius 2 is 2.35 bits per heavy atom. The Morgan fingerprint density at radius 1 is 1.59 bits per heavy atom. The Bertz CT molecular complexity index is 492. The first-order valence-electron chi connectivity index (χ1n) is 4.75. The SMILES string of the molecule is O=C(O)[C@@H]1CSC(Nc2ccc(F)cc2O)=N1. The topological polar surface area (TPSA) is 81.9 Å². The van der Waals surface area contributed by atoms with Crippen molar-refractivity contribution in [2.45, 2.75) is 6.04 Å². The third-order valence-corrected chi connectivity index (χ3v) is 3.10. The normalized spacial score (nSPS) is 18.9. The number of nitrogens with one attached hydrogen (secondary N) is 1. The fraction of sp³-hybridized carbons (Fsp3) is 0.200. The molecule has 0 fully saturated rings. The second-order valence-corrected chi connectivity index (χ2v) is 4.39. The van der Waals surface area contributed by atoms with Gasteiger partial charge in [0.25, 0.3) is 0 Å². The predicted octanol–water partition coefficient (Wildman–Crippen LogP) is 1.50. The molecule has 17 heavy (non-hydrogen) atoms. The van der Waals surface area contributed by atoms with Crippen LogP contribution in [0.2, 0.25) is 0 Å². The van der Waals surface area contributed by atoms with E-state index in [1.54, 1.807) is 0 Å². The fourth-order valence-corrected chi connectivity index (χ4v) is 2.21. The molecule has 0 amide bonds. The van der Waals surface area contributed by atoms with Crippen LogP contribution in [0.1, 0.15) is 0 Å². The van der Waals surface area contributed by atoms with Crippen molar-refractivity contribution >= 4 is 28.6 Å². The number of benzene rings is 1. The minimum Gasteiger partial charge on any atom is -0.506 e. The van der Waals surface area contributed by atoms with Crippen molar-refractivity contribution in [2.24, 2.45) is 4.99 Å². The summed E-state index contributed by atoms with van der Waals surface area (Å²) in [6.45, 7) is 0. The van der Waals surface area contributed by atoms with Gasteiger partial charge in [0.15, 0.2) is 11.2 Å². The first kappa shape index (κ1) is 11.7. The zero-order chi connectivity index (χ0) is 12.4. The summed E-state index contributed by atoms with van der Waals surface area (Å²) in [5.74, 6) is -1.43. The fourth-order valence-electron chi connectivity index (χ4n) is 1.29. The molecule has 1 aliphatic rings. The molecule has 5 nitrogen and oxygen atoms in total. The van der Waals surface area contributed by atoms with Crippen LogP contribution in [0.15, 0.2) is 23.2 Å². The van der Waals surface area contributed by atoms with Crippen molar-refractivity contribution < 1.29 is 19.4 Å². The zero-order valence-corrected chi connectivity index (χ0v) is 9.37. The first-order valence-corrected chi connectivity index (χ1v) is 5.74. The second kappa shape index (κ2) is 4.62. The largest absolute Gasteiger partial charge is 0.506 e. The van der Waals surface area contributed by atoms with E-state index >= 15 is 0 Å². The number of phenolic OH excluding ortho intramolecular Hbond substituents is 1. The predicted molar refractivity (Wildman–Crippen MR) is 63.0 cm³/mol. The number of rotatable bonds is 2. The number of carboxylic acid groups (broad SMARTS) is 1. The average Bonchev–Trinajstić information content (AvgIpc) is 2.71. The molecule has 0 saturated carbocycles. The van der Waals surface area contributed by atoms with Gasteiger partial charge >= 0.3 is 5.97 Å². The number of carbonyl (C=O) groups is 1. The summed E-state index contributed by atoms with van der Waals surface area (Å²) in [6.07, 6.45) is 0. The first-order chi connectivity index (χ1) is 8.06. The molecule has 1 aromatic rings. The number of aliphatic carboxylic acids is 1. The van der Waals surface area contributed by atoms with Gasteiger partial charge in [0, 0.05) is 11.8 Å². The molecule has 0 unspecified atom stereocenters. The van der Waals surface area contributed by atoms with Gasteiger partial charge in [0.1, 0.15) is 11.6 Å². The van der Waals surface area contributed by atoms with E-state index in [2.05, 4.69) is 10.3 Å². The molecule has 0 bridgehead atoms. The van der Waals surface area contributed by atoms with Crippen molar-refractivity contribution in [1.82, 2.24) is 0 Å². The molecular weight excluding hydrogens is 247 g/mol. The van der Waals surface area contributed by atoms with E-state index in [-0.39, 0.29) is 5.75 Å². The number of anilines is 1. The Morgan fingerprint density at radius 3 is 2.94 bits per heavy atom. The highest BCUT2D eigenvalue weighted by Crippen LogP contribution is 2.27. The lowest BCUT2D eigenvalue weighted by Gasteiger charge is -2.06. The van der Waals surface area contributed by atoms with Crippen LogP contribution in [0.3, 0.4) is 0 Å². The van der Waals surface area contributed by atoms with Crippen LogP contribution in [0.4, 0.5) is 10.1 Å². The number of phenols is 1. The maximum absolute atomic E-state index is 12.7. The molecule has 1 heterocycles. The molecule has 7 heteroatoms. The number of amidine groups is 1. The summed E-state index contributed by atoms with van der Waals surface area (Å²) < 4.78 is 12.7. The molecule has 1 aromatic carbocycles. The van der Waals surface area contributed by atoms with Crippen molar-refractivity contribution in [2.75, 3.05) is 11.1 Å². The van der Waals surface area contributed by atoms with Crippen LogP contribution in [-0.4, -0.2) is 33.1 Å². The Labute approximate surface area is 100 Å². The van der Waals surface area contributed by atoms with Crippen LogP contribution in [-0.2, 0) is 4.79 Å². The highest BCUT2D eigenvalue weighted by Gasteiger charge is 2.24. The van der Waals surface area contributed by atoms with Crippen LogP contribution in [0.25, 0.3) is 0 Å². The number of hydrogen-bond acceptors (Lipinski definition) is 5. The molecule has 0 radical (unpaired) electrons. The van der Waals surface area contributed by atoms with Crippen LogP contribution < -0.4 is 5.32 Å². The van der Waals surface area contributed by atoms with E-state index in [4.69, 9.17) is 5.11 Å². The quantitative estimate of drug-likeness (QED) is 0.698. The third kappa shape index (κ3) is 2.68. The Kier molecular flexibility index (Phi) is 3.19. The van der Waals surface area contributed by atoms with E-state index < -0.39 is 17.8 Å². The van der Waals surface area contributed by atoms with Gasteiger partial charge in [-0.15, -0.1) is 0 Å². The van der Waals surface area contributed by atoms with Gasteiger partial charge in [-0.25, -0.2) is 14.2 Å². The van der Waals surface area contributed by atoms with Gasteiger partial charge in [-0.1, -0.05) is 11.8 Å². The summed E-state index contributed by atoms with van der Waals surface area (Å²) in [6, 6.07) is 2.75. The molecular formula is C10H9FN2O3S. The number of hydrogen-bond donors (Lipinski definition) is 3. The average molecular weight is 256 g/mol. The Balaban J connectivity index is 2.12. The number of carboxylic acids is 1. The monoisotopic (exact) mass is 256 g/mol. The molecule has 1 atom stereocenters. The van der Waals surface area contributed by atoms with Gasteiger partial charge < -0.3 is 15.5 Å². The van der Waals surface area contributed by atoms with E-state index in [1.165, 1.54) is 23.9 Å². The zero-order valence-electron chi connectivity index (χ0n) is 8.55. The van der Waals surface area contributed by atoms with E-state index in [0.29, 0.717) is 16.6 Å². The van der Waals surface area contributed by atoms with Crippen molar-refractivity contribution in [3.8, 4) is 5.75 Å². The molecule has 2 rings (SSSR count). The van der Waals surface area contributed by atoms with Crippen molar-refractivity contribution in [3.05, 3.63) is 24.0 Å². The van der Waals surface area contributed by atoms with Crippen LogP contribution in [0, 0.1) is 5.82 Å². The number of nitrogens with zero attached hydrogens (tertiary/aromatic N) is 1. The molecule has 0 spiro atoms. The van der Waals surface area contributed by atoms with Crippen LogP contribution >= 0.6 is 11.8 Å². The summed E-state index contributed by atoms with van der Waals surface area (Å²) in [7, 11) is 0. The molecule has 0 aromatic heterocycles. The minimum absolute atomic E-state index is 0.243. The standard InChI is InChI=1S/C10H9FN2O3S/c11-5-1-2-6(8(14)3-5)12-10-13-7(4-17-10)9(15)16/h1-3,7,14H,4H2,(H,12,13)(H,15,16)/t7-/m0/s1. The highest BCUT2D eigenvalue weighted by molar-refractivity contribution is 8.14. The van der Waals surface area contributed by atoms with Crippen molar-refractivity contribution in [1.29, 1.82) is 0 Å². The Hall–Kier alpha value is -1.76. The molecule has 90 valence electrons. The van der Waals surface area contributed by atoms with Gasteiger partial charge in [-0.3, -0.25) is 0 Å². The van der Waals surface area contributed by atoms with Gasteiger partial charge in [-0.2, -0.15) is 0 Å². The molecule has 0 aliphatic carbocycles. The lowest BCUT2D eigenvalue weighted by Crippen LogP contribution is -2.17. The van der Waals surface area contributed by atoms with Gasteiger partial charge in [0.2, 0.25) is 0 Å². The van der Waals surface area contributed by atoms with Gasteiger partial charge in [0.05, 0.1) is 5.69 Å². The lowest BCUT2D eigenvalue weighted by atomic mass is 10.3. The maximum atomic E-state index is 12.7. The minimum atomic E-state index is -0.988. The molecule has 0 saturated heterocycles. The van der Waals surface area contributed by atoms with Gasteiger partial charge in [-0.05, 0) is 12.1 Å². The lowest BCUT2D eigenvalue weighted by molar-refractivity contribution is -0.137. The summed E-state index contributed by atoms with van der Waals surface area (Å²) >= 11 is 1.24. The summed E-state index contributed by atoms with van der Waals surface area (Å²) in [5.41, 5.74) is 0.295. The van der Waals surface area contributed by atoms with Crippen molar-refractivity contribution in [3.63, 3.8) is 0 Å². The highest BCUT2D eigenvalue weighted by atomic mass is 32.2.